The molecule has 0 radical (unpaired) electrons. The van der Waals surface area contributed by atoms with Gasteiger partial charge in [-0.05, 0) is 36.8 Å². The molecule has 0 saturated carbocycles. The van der Waals surface area contributed by atoms with Gasteiger partial charge in [0.2, 0.25) is 0 Å². The number of para-hydroxylation sites is 1. The fraction of sp³-hybridized carbons (Fsp3) is 0.667. The number of unbranched alkanes of at least 4 members (excludes halogenated alkanes) is 1. The van der Waals surface area contributed by atoms with Crippen LogP contribution in [0.2, 0.25) is 0 Å². The maximum atomic E-state index is 6.33. The molecular weight excluding hydrogens is 244 g/mol. The average Bonchev–Trinajstić information content (AvgIpc) is 2.64. The molecule has 2 rings (SSSR count). The molecule has 0 fully saturated rings. The first-order chi connectivity index (χ1) is 9.76. The van der Waals surface area contributed by atoms with Crippen LogP contribution in [-0.2, 0) is 0 Å². The van der Waals surface area contributed by atoms with Crippen molar-refractivity contribution in [1.29, 1.82) is 0 Å². The predicted octanol–water partition coefficient (Wildman–Crippen LogP) is 4.50. The van der Waals surface area contributed by atoms with Crippen molar-refractivity contribution in [1.82, 2.24) is 0 Å². The van der Waals surface area contributed by atoms with Crippen molar-refractivity contribution < 1.29 is 0 Å². The van der Waals surface area contributed by atoms with Gasteiger partial charge in [0.25, 0.3) is 0 Å². The smallest absolute Gasteiger partial charge is 0.0414 e. The molecule has 1 aromatic rings. The third-order valence-electron chi connectivity index (χ3n) is 4.64. The van der Waals surface area contributed by atoms with E-state index in [2.05, 4.69) is 43.0 Å². The van der Waals surface area contributed by atoms with Gasteiger partial charge >= 0.3 is 0 Å². The van der Waals surface area contributed by atoms with E-state index < -0.39 is 0 Å². The van der Waals surface area contributed by atoms with E-state index in [1.807, 2.05) is 0 Å². The molecule has 2 nitrogen and oxygen atoms in total. The molecule has 0 bridgehead atoms. The van der Waals surface area contributed by atoms with E-state index in [0.29, 0.717) is 0 Å². The number of hydrogen-bond donors (Lipinski definition) is 1. The van der Waals surface area contributed by atoms with Crippen LogP contribution in [0.1, 0.15) is 64.0 Å². The second kappa shape index (κ2) is 7.68. The highest BCUT2D eigenvalue weighted by Gasteiger charge is 2.21. The molecule has 1 aromatic carbocycles. The summed E-state index contributed by atoms with van der Waals surface area (Å²) in [5.74, 6) is 0.817. The Morgan fingerprint density at radius 2 is 2.10 bits per heavy atom. The maximum absolute atomic E-state index is 6.33. The van der Waals surface area contributed by atoms with Crippen LogP contribution < -0.4 is 10.6 Å². The molecule has 0 saturated heterocycles. The van der Waals surface area contributed by atoms with Crippen LogP contribution in [0.15, 0.2) is 24.3 Å². The molecule has 2 N–H and O–H groups in total. The first-order valence-corrected chi connectivity index (χ1v) is 8.35. The maximum Gasteiger partial charge on any atom is 0.0414 e. The Balaban J connectivity index is 2.12. The van der Waals surface area contributed by atoms with Crippen LogP contribution in [0, 0.1) is 5.92 Å². The number of nitrogens with zero attached hydrogens (tertiary/aromatic N) is 1. The summed E-state index contributed by atoms with van der Waals surface area (Å²) in [5.41, 5.74) is 9.05. The van der Waals surface area contributed by atoms with Gasteiger partial charge in [0.05, 0.1) is 0 Å². The molecule has 112 valence electrons. The van der Waals surface area contributed by atoms with E-state index in [4.69, 9.17) is 5.73 Å². The third-order valence-corrected chi connectivity index (χ3v) is 4.64. The van der Waals surface area contributed by atoms with E-state index in [0.717, 1.165) is 18.9 Å². The lowest BCUT2D eigenvalue weighted by atomic mass is 9.98. The van der Waals surface area contributed by atoms with E-state index in [9.17, 15) is 0 Å². The highest BCUT2D eigenvalue weighted by atomic mass is 15.1. The Hall–Kier alpha value is -1.02. The van der Waals surface area contributed by atoms with Crippen LogP contribution in [0.3, 0.4) is 0 Å². The Morgan fingerprint density at radius 3 is 2.85 bits per heavy atom. The minimum Gasteiger partial charge on any atom is -0.371 e. The molecule has 0 amide bonds. The number of anilines is 1. The fourth-order valence-corrected chi connectivity index (χ4v) is 3.29. The first-order valence-electron chi connectivity index (χ1n) is 8.35. The molecule has 0 aliphatic carbocycles. The lowest BCUT2D eigenvalue weighted by molar-refractivity contribution is 0.444. The molecule has 1 aliphatic heterocycles. The van der Waals surface area contributed by atoms with Crippen molar-refractivity contribution >= 4 is 5.69 Å². The molecule has 2 atom stereocenters. The Kier molecular flexibility index (Phi) is 5.90. The second-order valence-corrected chi connectivity index (χ2v) is 6.17. The standard InChI is InChI=1S/C18H30N2/c1-3-5-9-15(4-2)14-20-13-8-11-17(19)16-10-6-7-12-18(16)20/h6-7,10,12,15,17H,3-5,8-9,11,13-14,19H2,1-2H3. The van der Waals surface area contributed by atoms with Gasteiger partial charge in [-0.2, -0.15) is 0 Å². The van der Waals surface area contributed by atoms with Crippen LogP contribution in [0.4, 0.5) is 5.69 Å². The number of rotatable bonds is 6. The van der Waals surface area contributed by atoms with Gasteiger partial charge in [-0.15, -0.1) is 0 Å². The van der Waals surface area contributed by atoms with E-state index in [1.165, 1.54) is 49.9 Å². The largest absolute Gasteiger partial charge is 0.371 e. The lowest BCUT2D eigenvalue weighted by Gasteiger charge is -2.29. The number of hydrogen-bond acceptors (Lipinski definition) is 2. The Morgan fingerprint density at radius 1 is 1.30 bits per heavy atom. The SMILES string of the molecule is CCCCC(CC)CN1CCCC(N)c2ccccc21. The van der Waals surface area contributed by atoms with E-state index >= 15 is 0 Å². The molecule has 2 heteroatoms. The van der Waals surface area contributed by atoms with Crippen molar-refractivity contribution in [3.05, 3.63) is 29.8 Å². The lowest BCUT2D eigenvalue weighted by Crippen LogP contribution is -2.30. The third kappa shape index (κ3) is 3.76. The van der Waals surface area contributed by atoms with Gasteiger partial charge in [-0.3, -0.25) is 0 Å². The quantitative estimate of drug-likeness (QED) is 0.827. The van der Waals surface area contributed by atoms with E-state index in [-0.39, 0.29) is 6.04 Å². The summed E-state index contributed by atoms with van der Waals surface area (Å²) < 4.78 is 0. The summed E-state index contributed by atoms with van der Waals surface area (Å²) in [6, 6.07) is 8.96. The minimum absolute atomic E-state index is 0.215. The average molecular weight is 274 g/mol. The Labute approximate surface area is 124 Å². The number of benzene rings is 1. The van der Waals surface area contributed by atoms with Crippen LogP contribution in [-0.4, -0.2) is 13.1 Å². The van der Waals surface area contributed by atoms with Crippen molar-refractivity contribution in [3.63, 3.8) is 0 Å². The minimum atomic E-state index is 0.215. The number of fused-ring (bicyclic) bond motifs is 1. The molecular formula is C18H30N2. The zero-order valence-electron chi connectivity index (χ0n) is 13.1. The van der Waals surface area contributed by atoms with Gasteiger partial charge in [0.15, 0.2) is 0 Å². The van der Waals surface area contributed by atoms with Crippen LogP contribution in [0.5, 0.6) is 0 Å². The molecule has 1 heterocycles. The summed E-state index contributed by atoms with van der Waals surface area (Å²) in [6.45, 7) is 6.97. The predicted molar refractivity (Wildman–Crippen MR) is 88.1 cm³/mol. The summed E-state index contributed by atoms with van der Waals surface area (Å²) >= 11 is 0. The topological polar surface area (TPSA) is 29.3 Å². The summed E-state index contributed by atoms with van der Waals surface area (Å²) in [5, 5.41) is 0. The highest BCUT2D eigenvalue weighted by Crippen LogP contribution is 2.32. The summed E-state index contributed by atoms with van der Waals surface area (Å²) in [6.07, 6.45) is 7.62. The zero-order chi connectivity index (χ0) is 14.4. The molecule has 20 heavy (non-hydrogen) atoms. The molecule has 2 unspecified atom stereocenters. The highest BCUT2D eigenvalue weighted by molar-refractivity contribution is 5.55. The van der Waals surface area contributed by atoms with Crippen molar-refractivity contribution in [2.45, 2.75) is 58.4 Å². The van der Waals surface area contributed by atoms with Gasteiger partial charge in [-0.1, -0.05) is 51.3 Å². The first kappa shape index (κ1) is 15.4. The van der Waals surface area contributed by atoms with Gasteiger partial charge in [0.1, 0.15) is 0 Å². The molecule has 0 aromatic heterocycles. The van der Waals surface area contributed by atoms with Crippen LogP contribution in [0.25, 0.3) is 0 Å². The van der Waals surface area contributed by atoms with Crippen molar-refractivity contribution in [2.75, 3.05) is 18.0 Å². The second-order valence-electron chi connectivity index (χ2n) is 6.17. The number of nitrogens with two attached hydrogens (primary N) is 1. The van der Waals surface area contributed by atoms with Crippen molar-refractivity contribution in [2.24, 2.45) is 11.7 Å². The van der Waals surface area contributed by atoms with Crippen molar-refractivity contribution in [3.8, 4) is 0 Å². The fourth-order valence-electron chi connectivity index (χ4n) is 3.29. The molecule has 0 spiro atoms. The Bertz CT molecular complexity index is 402. The van der Waals surface area contributed by atoms with Gasteiger partial charge in [-0.25, -0.2) is 0 Å². The normalized spacial score (nSPS) is 20.4. The van der Waals surface area contributed by atoms with Gasteiger partial charge < -0.3 is 10.6 Å². The van der Waals surface area contributed by atoms with Crippen LogP contribution >= 0.6 is 0 Å². The summed E-state index contributed by atoms with van der Waals surface area (Å²) in [4.78, 5) is 2.59. The molecule has 1 aliphatic rings. The monoisotopic (exact) mass is 274 g/mol. The summed E-state index contributed by atoms with van der Waals surface area (Å²) in [7, 11) is 0. The van der Waals surface area contributed by atoms with E-state index in [1.54, 1.807) is 0 Å². The zero-order valence-corrected chi connectivity index (χ0v) is 13.1. The van der Waals surface area contributed by atoms with Gasteiger partial charge in [0, 0.05) is 24.8 Å².